The van der Waals surface area contributed by atoms with E-state index in [1.54, 1.807) is 12.1 Å². The summed E-state index contributed by atoms with van der Waals surface area (Å²) in [6.45, 7) is 0.430. The Labute approximate surface area is 118 Å². The van der Waals surface area contributed by atoms with Crippen molar-refractivity contribution in [1.29, 1.82) is 0 Å². The highest BCUT2D eigenvalue weighted by Gasteiger charge is 2.29. The smallest absolute Gasteiger partial charge is 0.305 e. The van der Waals surface area contributed by atoms with E-state index in [9.17, 15) is 13.2 Å². The zero-order chi connectivity index (χ0) is 14.8. The van der Waals surface area contributed by atoms with Crippen LogP contribution >= 0.6 is 0 Å². The maximum absolute atomic E-state index is 12.3. The van der Waals surface area contributed by atoms with Gasteiger partial charge in [0.1, 0.15) is 0 Å². The Morgan fingerprint density at radius 2 is 2.20 bits per heavy atom. The molecule has 0 aliphatic carbocycles. The van der Waals surface area contributed by atoms with Crippen LogP contribution in [0.4, 0.5) is 11.4 Å². The molecule has 1 aromatic carbocycles. The average Bonchev–Trinajstić information content (AvgIpc) is 2.81. The number of carbonyl (C=O) groups is 1. The monoisotopic (exact) mass is 298 g/mol. The van der Waals surface area contributed by atoms with Gasteiger partial charge in [-0.2, -0.15) is 0 Å². The summed E-state index contributed by atoms with van der Waals surface area (Å²) < 4.78 is 30.5. The van der Waals surface area contributed by atoms with Crippen molar-refractivity contribution in [2.24, 2.45) is 0 Å². The molecule has 0 saturated carbocycles. The topological polar surface area (TPSA) is 89.7 Å². The summed E-state index contributed by atoms with van der Waals surface area (Å²) in [5.41, 5.74) is 7.89. The Hall–Kier alpha value is -1.76. The van der Waals surface area contributed by atoms with Gasteiger partial charge in [0, 0.05) is 18.7 Å². The molecule has 0 spiro atoms. The number of ether oxygens (including phenoxy) is 1. The van der Waals surface area contributed by atoms with Gasteiger partial charge in [-0.05, 0) is 30.5 Å². The minimum absolute atomic E-state index is 0.0731. The lowest BCUT2D eigenvalue weighted by molar-refractivity contribution is -0.140. The van der Waals surface area contributed by atoms with E-state index < -0.39 is 16.0 Å². The minimum Gasteiger partial charge on any atom is -0.469 e. The number of fused-ring (bicyclic) bond motifs is 1. The molecule has 6 nitrogen and oxygen atoms in total. The summed E-state index contributed by atoms with van der Waals surface area (Å²) in [4.78, 5) is 11.0. The number of nitrogen functional groups attached to an aromatic ring is 1. The first-order valence-electron chi connectivity index (χ1n) is 6.39. The third-order valence-electron chi connectivity index (χ3n) is 3.31. The number of anilines is 2. The fourth-order valence-electron chi connectivity index (χ4n) is 2.27. The summed E-state index contributed by atoms with van der Waals surface area (Å²) in [5, 5.41) is 0. The van der Waals surface area contributed by atoms with Crippen LogP contribution in [-0.2, 0) is 26.0 Å². The number of nitrogens with two attached hydrogens (primary N) is 1. The van der Waals surface area contributed by atoms with Gasteiger partial charge in [-0.3, -0.25) is 9.10 Å². The molecule has 7 heteroatoms. The first-order valence-corrected chi connectivity index (χ1v) is 8.00. The highest BCUT2D eigenvalue weighted by Crippen LogP contribution is 2.32. The lowest BCUT2D eigenvalue weighted by Gasteiger charge is -2.19. The van der Waals surface area contributed by atoms with E-state index in [1.165, 1.54) is 11.4 Å². The van der Waals surface area contributed by atoms with Gasteiger partial charge in [-0.1, -0.05) is 6.07 Å². The second-order valence-corrected chi connectivity index (χ2v) is 6.72. The Kier molecular flexibility index (Phi) is 4.17. The molecule has 20 heavy (non-hydrogen) atoms. The van der Waals surface area contributed by atoms with Crippen LogP contribution in [0.15, 0.2) is 18.2 Å². The van der Waals surface area contributed by atoms with Crippen molar-refractivity contribution < 1.29 is 17.9 Å². The predicted molar refractivity (Wildman–Crippen MR) is 76.9 cm³/mol. The van der Waals surface area contributed by atoms with Crippen molar-refractivity contribution >= 4 is 27.4 Å². The van der Waals surface area contributed by atoms with Crippen molar-refractivity contribution in [3.05, 3.63) is 23.8 Å². The van der Waals surface area contributed by atoms with Gasteiger partial charge in [0.25, 0.3) is 0 Å². The number of hydrogen-bond donors (Lipinski definition) is 1. The Bertz CT molecular complexity index is 613. The van der Waals surface area contributed by atoms with Gasteiger partial charge >= 0.3 is 5.97 Å². The third-order valence-corrected chi connectivity index (χ3v) is 5.16. The highest BCUT2D eigenvalue weighted by atomic mass is 32.2. The van der Waals surface area contributed by atoms with Crippen LogP contribution in [0, 0.1) is 0 Å². The van der Waals surface area contributed by atoms with Crippen molar-refractivity contribution in [1.82, 2.24) is 0 Å². The molecule has 0 bridgehead atoms. The van der Waals surface area contributed by atoms with Crippen LogP contribution in [0.1, 0.15) is 18.4 Å². The van der Waals surface area contributed by atoms with Crippen LogP contribution in [0.2, 0.25) is 0 Å². The molecule has 0 aromatic heterocycles. The fourth-order valence-corrected chi connectivity index (χ4v) is 3.84. The molecule has 1 heterocycles. The van der Waals surface area contributed by atoms with Gasteiger partial charge in [-0.25, -0.2) is 8.42 Å². The van der Waals surface area contributed by atoms with E-state index >= 15 is 0 Å². The summed E-state index contributed by atoms with van der Waals surface area (Å²) in [5.74, 6) is -0.470. The van der Waals surface area contributed by atoms with Gasteiger partial charge in [0.15, 0.2) is 0 Å². The summed E-state index contributed by atoms with van der Waals surface area (Å²) in [6, 6.07) is 5.31. The second kappa shape index (κ2) is 5.70. The summed E-state index contributed by atoms with van der Waals surface area (Å²) in [7, 11) is -2.14. The second-order valence-electron chi connectivity index (χ2n) is 4.71. The lowest BCUT2D eigenvalue weighted by Crippen LogP contribution is -2.31. The molecule has 0 saturated heterocycles. The van der Waals surface area contributed by atoms with E-state index in [1.807, 2.05) is 6.07 Å². The first kappa shape index (κ1) is 14.6. The van der Waals surface area contributed by atoms with Gasteiger partial charge in [-0.15, -0.1) is 0 Å². The average molecular weight is 298 g/mol. The van der Waals surface area contributed by atoms with E-state index in [4.69, 9.17) is 5.73 Å². The first-order chi connectivity index (χ1) is 9.44. The molecule has 1 aliphatic heterocycles. The van der Waals surface area contributed by atoms with Crippen molar-refractivity contribution in [2.45, 2.75) is 19.3 Å². The molecule has 110 valence electrons. The highest BCUT2D eigenvalue weighted by molar-refractivity contribution is 7.92. The molecule has 1 aromatic rings. The Morgan fingerprint density at radius 1 is 1.45 bits per heavy atom. The predicted octanol–water partition coefficient (Wildman–Crippen LogP) is 0.914. The van der Waals surface area contributed by atoms with Gasteiger partial charge < -0.3 is 10.5 Å². The van der Waals surface area contributed by atoms with Crippen LogP contribution in [0.5, 0.6) is 0 Å². The third kappa shape index (κ3) is 3.04. The number of hydrogen-bond acceptors (Lipinski definition) is 5. The van der Waals surface area contributed by atoms with Crippen molar-refractivity contribution in [3.63, 3.8) is 0 Å². The zero-order valence-electron chi connectivity index (χ0n) is 11.3. The number of nitrogens with zero attached hydrogens (tertiary/aromatic N) is 1. The van der Waals surface area contributed by atoms with Crippen LogP contribution in [-0.4, -0.2) is 33.8 Å². The molecule has 2 rings (SSSR count). The molecule has 0 atom stereocenters. The van der Waals surface area contributed by atoms with E-state index in [0.29, 0.717) is 24.3 Å². The van der Waals surface area contributed by atoms with Crippen LogP contribution < -0.4 is 10.0 Å². The number of carbonyl (C=O) groups excluding carboxylic acids is 1. The number of rotatable bonds is 5. The van der Waals surface area contributed by atoms with E-state index in [2.05, 4.69) is 4.74 Å². The summed E-state index contributed by atoms with van der Waals surface area (Å²) in [6.07, 6.45) is 1.04. The molecular formula is C13H18N2O4S. The fraction of sp³-hybridized carbons (Fsp3) is 0.462. The number of methoxy groups -OCH3 is 1. The molecule has 1 aliphatic rings. The lowest BCUT2D eigenvalue weighted by atomic mass is 10.1. The largest absolute Gasteiger partial charge is 0.469 e. The molecule has 0 amide bonds. The molecular weight excluding hydrogens is 280 g/mol. The number of benzene rings is 1. The number of esters is 1. The Morgan fingerprint density at radius 3 is 2.90 bits per heavy atom. The molecule has 0 fully saturated rings. The standard InChI is InChI=1S/C13H18N2O4S/c1-19-13(16)3-2-8-20(17,18)15-7-6-10-4-5-11(14)9-12(10)15/h4-5,9H,2-3,6-8,14H2,1H3. The minimum atomic E-state index is -3.42. The quantitative estimate of drug-likeness (QED) is 0.645. The molecule has 2 N–H and O–H groups in total. The maximum Gasteiger partial charge on any atom is 0.305 e. The van der Waals surface area contributed by atoms with Crippen molar-refractivity contribution in [2.75, 3.05) is 29.4 Å². The zero-order valence-corrected chi connectivity index (χ0v) is 12.1. The molecule has 0 radical (unpaired) electrons. The maximum atomic E-state index is 12.3. The van der Waals surface area contributed by atoms with Crippen molar-refractivity contribution in [3.8, 4) is 0 Å². The van der Waals surface area contributed by atoms with E-state index in [-0.39, 0.29) is 18.6 Å². The normalized spacial score (nSPS) is 14.2. The summed E-state index contributed by atoms with van der Waals surface area (Å²) >= 11 is 0. The Balaban J connectivity index is 2.09. The van der Waals surface area contributed by atoms with E-state index in [0.717, 1.165) is 5.56 Å². The van der Waals surface area contributed by atoms with Gasteiger partial charge in [0.05, 0.1) is 18.6 Å². The molecule has 0 unspecified atom stereocenters. The number of sulfonamides is 1. The van der Waals surface area contributed by atoms with Crippen LogP contribution in [0.25, 0.3) is 0 Å². The van der Waals surface area contributed by atoms with Gasteiger partial charge in [0.2, 0.25) is 10.0 Å². The SMILES string of the molecule is COC(=O)CCCS(=O)(=O)N1CCc2ccc(N)cc21. The van der Waals surface area contributed by atoms with Crippen LogP contribution in [0.3, 0.4) is 0 Å².